The summed E-state index contributed by atoms with van der Waals surface area (Å²) in [6.45, 7) is 0. The number of carbonyl (C=O) groups excluding carboxylic acids is 1. The van der Waals surface area contributed by atoms with Crippen molar-refractivity contribution in [1.29, 1.82) is 0 Å². The molecule has 0 fully saturated rings. The Kier molecular flexibility index (Phi) is 140. The Bertz CT molecular complexity index is 76.5. The van der Waals surface area contributed by atoms with Crippen molar-refractivity contribution in [2.75, 3.05) is 0 Å². The first-order valence-corrected chi connectivity index (χ1v) is 2.05. The predicted molar refractivity (Wildman–Crippen MR) is 50.5 cm³/mol. The number of rotatable bonds is 1. The van der Waals surface area contributed by atoms with Gasteiger partial charge in [-0.05, 0) is 0 Å². The first-order valence-electron chi connectivity index (χ1n) is 1.18. The summed E-state index contributed by atoms with van der Waals surface area (Å²) in [6.07, 6.45) is 0. The minimum atomic E-state index is -1.18. The third-order valence-corrected chi connectivity index (χ3v) is 0.595. The molecule has 7 nitrogen and oxygen atoms in total. The molecule has 0 saturated heterocycles. The molecule has 0 aromatic heterocycles. The molecule has 0 aliphatic rings. The average molecular weight is 269 g/mol. The van der Waals surface area contributed by atoms with E-state index in [-0.39, 0.29) is 47.5 Å². The fraction of sp³-hybridized carbons (Fsp3) is 0.500. The molecule has 0 aliphatic heterocycles. The van der Waals surface area contributed by atoms with E-state index in [0.717, 1.165) is 0 Å². The van der Waals surface area contributed by atoms with Gasteiger partial charge >= 0.3 is 22.7 Å². The minimum Gasteiger partial charge on any atom is -0.693 e. The van der Waals surface area contributed by atoms with E-state index < -0.39 is 10.8 Å². The van der Waals surface area contributed by atoms with E-state index in [2.05, 4.69) is 0 Å². The van der Waals surface area contributed by atoms with Crippen molar-refractivity contribution < 1.29 is 26.7 Å². The van der Waals surface area contributed by atoms with Gasteiger partial charge in [0.2, 0.25) is 0 Å². The van der Waals surface area contributed by atoms with Crippen LogP contribution in [0.1, 0.15) is 0 Å². The Labute approximate surface area is 91.7 Å². The molecule has 0 atom stereocenters. The molecule has 0 heterocycles. The first-order chi connectivity index (χ1) is 2.64. The molecule has 0 saturated carbocycles. The standard InChI is InChI=1S/C2H2Cl2O2.Co.5H2N/c3-1(4)2(5)6;;;;;;/h1H,(H,5,6);;5*1H2/q;+3;5*-1/p+1. The van der Waals surface area contributed by atoms with Gasteiger partial charge in [-0.2, -0.15) is 0 Å². The van der Waals surface area contributed by atoms with E-state index in [1.807, 2.05) is 0 Å². The van der Waals surface area contributed by atoms with Crippen LogP contribution in [0.25, 0.3) is 30.8 Å². The normalized spacial score (nSPS) is 4.58. The molecule has 0 amide bonds. The number of alkyl halides is 2. The Morgan fingerprint density at radius 2 is 1.08 bits per heavy atom. The molecule has 0 aromatic rings. The molecule has 12 N–H and O–H groups in total. The first kappa shape index (κ1) is 55.5. The Morgan fingerprint density at radius 3 is 1.08 bits per heavy atom. The van der Waals surface area contributed by atoms with E-state index in [9.17, 15) is 4.79 Å². The molecule has 0 rings (SSSR count). The largest absolute Gasteiger partial charge is 3.00 e. The van der Waals surface area contributed by atoms with Crippen LogP contribution < -0.4 is 0 Å². The summed E-state index contributed by atoms with van der Waals surface area (Å²) in [7, 11) is 0. The Hall–Kier alpha value is 0.356. The second-order valence-electron chi connectivity index (χ2n) is 0.665. The Balaban J connectivity index is -0.00000000833. The van der Waals surface area contributed by atoms with Gasteiger partial charge in [0, 0.05) is 4.79 Å². The van der Waals surface area contributed by atoms with Gasteiger partial charge < -0.3 is 35.9 Å². The van der Waals surface area contributed by atoms with Gasteiger partial charge in [0.15, 0.2) is 0 Å². The molecule has 0 spiro atoms. The van der Waals surface area contributed by atoms with E-state index in [1.165, 1.54) is 0 Å². The summed E-state index contributed by atoms with van der Waals surface area (Å²) in [5.74, 6) is -0.960. The SMILES string of the molecule is O=C([OH2+])C(Cl)Cl.[Co+3].[NH2-].[NH2-].[NH2-].[NH2-].[NH2-]. The molecule has 0 radical (unpaired) electrons. The average Bonchev–Trinajstić information content (AvgIpc) is 1.36. The molecule has 0 aromatic carbocycles. The van der Waals surface area contributed by atoms with Crippen molar-refractivity contribution in [3.8, 4) is 0 Å². The zero-order valence-electron chi connectivity index (χ0n) is 5.96. The van der Waals surface area contributed by atoms with E-state index in [0.29, 0.717) is 0 Å². The molecule has 0 bridgehead atoms. The van der Waals surface area contributed by atoms with Gasteiger partial charge in [-0.25, -0.2) is 0 Å². The second-order valence-corrected chi connectivity index (χ2v) is 1.76. The molecule has 82 valence electrons. The topological polar surface area (TPSA) is 207 Å². The van der Waals surface area contributed by atoms with Crippen LogP contribution in [0, 0.1) is 0 Å². The summed E-state index contributed by atoms with van der Waals surface area (Å²) < 4.78 is 0. The molecule has 0 unspecified atom stereocenters. The number of hydrogen-bond donors (Lipinski definition) is 0. The molecule has 10 heteroatoms. The zero-order chi connectivity index (χ0) is 5.15. The summed E-state index contributed by atoms with van der Waals surface area (Å²) >= 11 is 9.68. The molecular formula is C2H13Cl2CoN5O2-. The smallest absolute Gasteiger partial charge is 0.693 e. The predicted octanol–water partition coefficient (Wildman–Crippen LogP) is 3.62. The number of halogens is 2. The fourth-order valence-corrected chi connectivity index (χ4v) is 0. The van der Waals surface area contributed by atoms with Crippen molar-refractivity contribution in [3.05, 3.63) is 30.8 Å². The van der Waals surface area contributed by atoms with Crippen LogP contribution in [0.5, 0.6) is 0 Å². The summed E-state index contributed by atoms with van der Waals surface area (Å²) in [6, 6.07) is 0. The van der Waals surface area contributed by atoms with Gasteiger partial charge in [-0.3, -0.25) is 0 Å². The van der Waals surface area contributed by atoms with Crippen molar-refractivity contribution in [3.63, 3.8) is 0 Å². The van der Waals surface area contributed by atoms with Crippen LogP contribution in [0.3, 0.4) is 0 Å². The third kappa shape index (κ3) is 47.8. The third-order valence-electron chi connectivity index (χ3n) is 0.198. The molecular weight excluding hydrogens is 256 g/mol. The van der Waals surface area contributed by atoms with Crippen LogP contribution in [-0.2, 0) is 21.6 Å². The fourth-order valence-electron chi connectivity index (χ4n) is 0. The summed E-state index contributed by atoms with van der Waals surface area (Å²) in [4.78, 5) is 8.37. The van der Waals surface area contributed by atoms with Crippen molar-refractivity contribution in [2.24, 2.45) is 0 Å². The van der Waals surface area contributed by atoms with Gasteiger partial charge in [-0.1, -0.05) is 23.2 Å². The van der Waals surface area contributed by atoms with Crippen LogP contribution in [-0.4, -0.2) is 15.9 Å². The van der Waals surface area contributed by atoms with Crippen LogP contribution in [0.4, 0.5) is 0 Å². The van der Waals surface area contributed by atoms with Gasteiger partial charge in [-0.15, -0.1) is 0 Å². The summed E-state index contributed by atoms with van der Waals surface area (Å²) in [5, 5.41) is 6.13. The van der Waals surface area contributed by atoms with Gasteiger partial charge in [0.25, 0.3) is 4.84 Å². The van der Waals surface area contributed by atoms with E-state index in [4.69, 9.17) is 28.3 Å². The maximum absolute atomic E-state index is 9.55. The molecule has 12 heavy (non-hydrogen) atoms. The van der Waals surface area contributed by atoms with Gasteiger partial charge in [0.05, 0.1) is 0 Å². The maximum Gasteiger partial charge on any atom is 3.00 e. The Morgan fingerprint density at radius 1 is 1.00 bits per heavy atom. The maximum atomic E-state index is 9.55. The number of carbonyl (C=O) groups is 1. The van der Waals surface area contributed by atoms with Crippen LogP contribution in [0.15, 0.2) is 0 Å². The van der Waals surface area contributed by atoms with Crippen LogP contribution >= 0.6 is 23.2 Å². The number of hydrogen-bond acceptors (Lipinski definition) is 1. The van der Waals surface area contributed by atoms with E-state index in [1.54, 1.807) is 0 Å². The number of nitrogens with two attached hydrogens (primary N) is 5. The van der Waals surface area contributed by atoms with Gasteiger partial charge in [0.1, 0.15) is 0 Å². The second kappa shape index (κ2) is 30.1. The quantitative estimate of drug-likeness (QED) is 0.506. The van der Waals surface area contributed by atoms with Crippen LogP contribution in [0.2, 0.25) is 0 Å². The monoisotopic (exact) mass is 268 g/mol. The molecule has 0 aliphatic carbocycles. The van der Waals surface area contributed by atoms with E-state index >= 15 is 0 Å². The minimum absolute atomic E-state index is 0. The summed E-state index contributed by atoms with van der Waals surface area (Å²) in [5.41, 5.74) is 0. The van der Waals surface area contributed by atoms with Crippen molar-refractivity contribution in [2.45, 2.75) is 4.84 Å². The zero-order valence-corrected chi connectivity index (χ0v) is 8.51. The van der Waals surface area contributed by atoms with Crippen molar-refractivity contribution in [1.82, 2.24) is 0 Å². The van der Waals surface area contributed by atoms with Crippen molar-refractivity contribution >= 4 is 29.2 Å².